The molecule has 3 rings (SSSR count). The van der Waals surface area contributed by atoms with Crippen LogP contribution in [0.2, 0.25) is 0 Å². The number of aryl methyl sites for hydroxylation is 2. The van der Waals surface area contributed by atoms with Gasteiger partial charge in [0.15, 0.2) is 5.13 Å². The summed E-state index contributed by atoms with van der Waals surface area (Å²) in [6.45, 7) is 5.32. The summed E-state index contributed by atoms with van der Waals surface area (Å²) in [5.41, 5.74) is 3.51. The number of carboxylic acids is 1. The van der Waals surface area contributed by atoms with Crippen LogP contribution in [0.3, 0.4) is 0 Å². The van der Waals surface area contributed by atoms with E-state index in [4.69, 9.17) is 5.11 Å². The fraction of sp³-hybridized carbons (Fsp3) is 0.385. The molecule has 1 aromatic carbocycles. The molecule has 0 atom stereocenters. The number of anilines is 1. The lowest BCUT2D eigenvalue weighted by molar-refractivity contribution is -0.142. The third-order valence-electron chi connectivity index (χ3n) is 3.57. The lowest BCUT2D eigenvalue weighted by Gasteiger charge is -2.36. The minimum Gasteiger partial charge on any atom is -0.481 e. The van der Waals surface area contributed by atoms with E-state index in [1.165, 1.54) is 15.8 Å². The zero-order chi connectivity index (χ0) is 12.9. The molecule has 0 unspecified atom stereocenters. The van der Waals surface area contributed by atoms with E-state index in [0.717, 1.165) is 10.6 Å². The Bertz CT molecular complexity index is 629. The van der Waals surface area contributed by atoms with Gasteiger partial charge in [0.05, 0.1) is 16.1 Å². The Labute approximate surface area is 109 Å². The molecule has 0 saturated carbocycles. The highest BCUT2D eigenvalue weighted by Gasteiger charge is 2.34. The Morgan fingerprint density at radius 1 is 1.44 bits per heavy atom. The van der Waals surface area contributed by atoms with Crippen LogP contribution in [0.25, 0.3) is 10.2 Å². The Hall–Kier alpha value is -1.62. The van der Waals surface area contributed by atoms with Gasteiger partial charge in [0.1, 0.15) is 0 Å². The van der Waals surface area contributed by atoms with Crippen LogP contribution in [0.5, 0.6) is 0 Å². The zero-order valence-corrected chi connectivity index (χ0v) is 11.1. The van der Waals surface area contributed by atoms with Crippen molar-refractivity contribution < 1.29 is 9.90 Å². The van der Waals surface area contributed by atoms with E-state index in [2.05, 4.69) is 31.0 Å². The van der Waals surface area contributed by atoms with Crippen molar-refractivity contribution in [2.75, 3.05) is 18.0 Å². The van der Waals surface area contributed by atoms with Crippen molar-refractivity contribution in [1.29, 1.82) is 0 Å². The maximum atomic E-state index is 10.8. The number of aliphatic carboxylic acids is 1. The van der Waals surface area contributed by atoms with E-state index < -0.39 is 5.97 Å². The quantitative estimate of drug-likeness (QED) is 0.903. The SMILES string of the molecule is Cc1ccc2sc(N3CC(C(=O)O)C3)nc2c1C. The van der Waals surface area contributed by atoms with Gasteiger partial charge in [0, 0.05) is 13.1 Å². The van der Waals surface area contributed by atoms with E-state index in [1.807, 2.05) is 4.90 Å². The molecule has 1 saturated heterocycles. The smallest absolute Gasteiger partial charge is 0.310 e. The van der Waals surface area contributed by atoms with Gasteiger partial charge in [0.25, 0.3) is 0 Å². The fourth-order valence-electron chi connectivity index (χ4n) is 2.14. The van der Waals surface area contributed by atoms with E-state index in [9.17, 15) is 4.79 Å². The van der Waals surface area contributed by atoms with Crippen molar-refractivity contribution in [1.82, 2.24) is 4.98 Å². The second-order valence-corrected chi connectivity index (χ2v) is 5.80. The number of benzene rings is 1. The number of carboxylic acid groups (broad SMARTS) is 1. The molecule has 18 heavy (non-hydrogen) atoms. The van der Waals surface area contributed by atoms with Crippen molar-refractivity contribution in [2.24, 2.45) is 5.92 Å². The van der Waals surface area contributed by atoms with Crippen LogP contribution in [0.4, 0.5) is 5.13 Å². The molecule has 4 nitrogen and oxygen atoms in total. The van der Waals surface area contributed by atoms with Crippen LogP contribution in [0.15, 0.2) is 12.1 Å². The molecule has 5 heteroatoms. The minimum absolute atomic E-state index is 0.236. The highest BCUT2D eigenvalue weighted by atomic mass is 32.1. The second-order valence-electron chi connectivity index (χ2n) is 4.79. The highest BCUT2D eigenvalue weighted by molar-refractivity contribution is 7.22. The molecule has 0 aliphatic carbocycles. The van der Waals surface area contributed by atoms with Crippen LogP contribution in [0, 0.1) is 19.8 Å². The van der Waals surface area contributed by atoms with Gasteiger partial charge in [0.2, 0.25) is 0 Å². The Kier molecular flexibility index (Phi) is 2.52. The van der Waals surface area contributed by atoms with Crippen molar-refractivity contribution in [3.63, 3.8) is 0 Å². The van der Waals surface area contributed by atoms with Gasteiger partial charge in [-0.2, -0.15) is 0 Å². The van der Waals surface area contributed by atoms with Gasteiger partial charge in [-0.05, 0) is 31.0 Å². The van der Waals surface area contributed by atoms with Gasteiger partial charge in [-0.1, -0.05) is 17.4 Å². The number of fused-ring (bicyclic) bond motifs is 1. The van der Waals surface area contributed by atoms with E-state index in [0.29, 0.717) is 13.1 Å². The number of thiazole rings is 1. The Morgan fingerprint density at radius 2 is 2.17 bits per heavy atom. The van der Waals surface area contributed by atoms with Gasteiger partial charge in [-0.25, -0.2) is 4.98 Å². The second kappa shape index (κ2) is 3.95. The summed E-state index contributed by atoms with van der Waals surface area (Å²) in [7, 11) is 0. The predicted molar refractivity (Wildman–Crippen MR) is 72.4 cm³/mol. The number of nitrogens with zero attached hydrogens (tertiary/aromatic N) is 2. The summed E-state index contributed by atoms with van der Waals surface area (Å²) in [5.74, 6) is -0.945. The van der Waals surface area contributed by atoms with E-state index in [-0.39, 0.29) is 5.92 Å². The summed E-state index contributed by atoms with van der Waals surface area (Å²) in [4.78, 5) is 17.5. The Balaban J connectivity index is 1.91. The standard InChI is InChI=1S/C13H14N2O2S/c1-7-3-4-10-11(8(7)2)14-13(18-10)15-5-9(6-15)12(16)17/h3-4,9H,5-6H2,1-2H3,(H,16,17). The monoisotopic (exact) mass is 262 g/mol. The molecule has 0 spiro atoms. The zero-order valence-electron chi connectivity index (χ0n) is 10.3. The molecule has 0 radical (unpaired) electrons. The van der Waals surface area contributed by atoms with Gasteiger partial charge in [-0.3, -0.25) is 4.79 Å². The van der Waals surface area contributed by atoms with Crippen molar-refractivity contribution in [3.8, 4) is 0 Å². The first-order chi connectivity index (χ1) is 8.56. The largest absolute Gasteiger partial charge is 0.481 e. The fourth-order valence-corrected chi connectivity index (χ4v) is 3.18. The maximum Gasteiger partial charge on any atom is 0.310 e. The molecule has 0 bridgehead atoms. The molecule has 1 aliphatic heterocycles. The number of hydrogen-bond acceptors (Lipinski definition) is 4. The number of aromatic nitrogens is 1. The number of hydrogen-bond donors (Lipinski definition) is 1. The summed E-state index contributed by atoms with van der Waals surface area (Å²) < 4.78 is 1.17. The van der Waals surface area contributed by atoms with Crippen LogP contribution in [-0.4, -0.2) is 29.1 Å². The number of carbonyl (C=O) groups is 1. The molecule has 0 amide bonds. The molecule has 1 aliphatic rings. The summed E-state index contributed by atoms with van der Waals surface area (Å²) in [6.07, 6.45) is 0. The lowest BCUT2D eigenvalue weighted by Crippen LogP contribution is -2.50. The molecule has 2 aromatic rings. The number of rotatable bonds is 2. The first-order valence-electron chi connectivity index (χ1n) is 5.91. The van der Waals surface area contributed by atoms with Crippen LogP contribution in [-0.2, 0) is 4.79 Å². The van der Waals surface area contributed by atoms with Crippen molar-refractivity contribution >= 4 is 32.7 Å². The normalized spacial score (nSPS) is 16.0. The van der Waals surface area contributed by atoms with Crippen molar-refractivity contribution in [3.05, 3.63) is 23.3 Å². The minimum atomic E-state index is -0.709. The third kappa shape index (κ3) is 1.66. The first kappa shape index (κ1) is 11.5. The van der Waals surface area contributed by atoms with E-state index in [1.54, 1.807) is 11.3 Å². The average molecular weight is 262 g/mol. The molecular formula is C13H14N2O2S. The molecule has 1 fully saturated rings. The van der Waals surface area contributed by atoms with Gasteiger partial charge >= 0.3 is 5.97 Å². The average Bonchev–Trinajstić information content (AvgIpc) is 2.65. The molecule has 1 N–H and O–H groups in total. The first-order valence-corrected chi connectivity index (χ1v) is 6.72. The molecule has 2 heterocycles. The molecule has 1 aromatic heterocycles. The third-order valence-corrected chi connectivity index (χ3v) is 4.66. The summed E-state index contributed by atoms with van der Waals surface area (Å²) >= 11 is 1.64. The maximum absolute atomic E-state index is 10.8. The predicted octanol–water partition coefficient (Wildman–Crippen LogP) is 2.43. The van der Waals surface area contributed by atoms with Crippen LogP contribution in [0.1, 0.15) is 11.1 Å². The van der Waals surface area contributed by atoms with E-state index >= 15 is 0 Å². The van der Waals surface area contributed by atoms with Crippen LogP contribution >= 0.6 is 11.3 Å². The van der Waals surface area contributed by atoms with Gasteiger partial charge in [-0.15, -0.1) is 0 Å². The summed E-state index contributed by atoms with van der Waals surface area (Å²) in [6, 6.07) is 4.20. The van der Waals surface area contributed by atoms with Crippen LogP contribution < -0.4 is 4.90 Å². The topological polar surface area (TPSA) is 53.4 Å². The van der Waals surface area contributed by atoms with Crippen molar-refractivity contribution in [2.45, 2.75) is 13.8 Å². The van der Waals surface area contributed by atoms with Gasteiger partial charge < -0.3 is 10.0 Å². The lowest BCUT2D eigenvalue weighted by atomic mass is 10.0. The Morgan fingerprint density at radius 3 is 2.83 bits per heavy atom. The summed E-state index contributed by atoms with van der Waals surface area (Å²) in [5, 5.41) is 9.82. The molecule has 94 valence electrons. The molecular weight excluding hydrogens is 248 g/mol. The highest BCUT2D eigenvalue weighted by Crippen LogP contribution is 2.34.